The first kappa shape index (κ1) is 21.7. The Morgan fingerprint density at radius 1 is 1.17 bits per heavy atom. The minimum atomic E-state index is -0.0346. The Morgan fingerprint density at radius 3 is 2.40 bits per heavy atom. The Morgan fingerprint density at radius 2 is 1.83 bits per heavy atom. The number of amides is 2. The fourth-order valence-corrected chi connectivity index (χ4v) is 3.79. The quantitative estimate of drug-likeness (QED) is 0.661. The number of carbonyl (C=O) groups is 2. The second-order valence-electron chi connectivity index (χ2n) is 7.46. The second kappa shape index (κ2) is 10.1. The van der Waals surface area contributed by atoms with Gasteiger partial charge in [0.2, 0.25) is 5.91 Å². The molecule has 0 saturated carbocycles. The maximum absolute atomic E-state index is 12.5. The van der Waals surface area contributed by atoms with Crippen LogP contribution in [0.4, 0.5) is 0 Å². The Labute approximate surface area is 177 Å². The van der Waals surface area contributed by atoms with E-state index in [9.17, 15) is 9.59 Å². The van der Waals surface area contributed by atoms with Crippen LogP contribution in [-0.2, 0) is 16.1 Å². The van der Waals surface area contributed by atoms with E-state index >= 15 is 0 Å². The van der Waals surface area contributed by atoms with Gasteiger partial charge < -0.3 is 23.8 Å². The zero-order valence-electron chi connectivity index (χ0n) is 17.9. The van der Waals surface area contributed by atoms with E-state index in [1.807, 2.05) is 27.5 Å². The van der Waals surface area contributed by atoms with E-state index in [-0.39, 0.29) is 24.5 Å². The summed E-state index contributed by atoms with van der Waals surface area (Å²) < 4.78 is 12.8. The molecule has 2 amide bonds. The lowest BCUT2D eigenvalue weighted by molar-refractivity contribution is -0.137. The third kappa shape index (κ3) is 5.52. The molecule has 30 heavy (non-hydrogen) atoms. The van der Waals surface area contributed by atoms with Crippen molar-refractivity contribution in [2.45, 2.75) is 39.3 Å². The summed E-state index contributed by atoms with van der Waals surface area (Å²) in [6.07, 6.45) is 5.25. The number of hydrogen-bond acceptors (Lipinski definition) is 5. The highest BCUT2D eigenvalue weighted by Gasteiger charge is 2.28. The van der Waals surface area contributed by atoms with Gasteiger partial charge in [0.1, 0.15) is 17.3 Å². The van der Waals surface area contributed by atoms with Crippen molar-refractivity contribution in [1.29, 1.82) is 0 Å². The molecule has 1 saturated heterocycles. The highest BCUT2D eigenvalue weighted by atomic mass is 16.5. The molecule has 162 valence electrons. The summed E-state index contributed by atoms with van der Waals surface area (Å²) in [6.45, 7) is 6.20. The Hall–Kier alpha value is -3.03. The number of aryl methyl sites for hydroxylation is 1. The van der Waals surface area contributed by atoms with Crippen LogP contribution in [0.2, 0.25) is 0 Å². The average Bonchev–Trinajstić information content (AvgIpc) is 3.17. The predicted octanol–water partition coefficient (Wildman–Crippen LogP) is 2.12. The number of rotatable bonds is 8. The molecule has 1 aliphatic rings. The zero-order chi connectivity index (χ0) is 21.5. The van der Waals surface area contributed by atoms with Crippen LogP contribution in [0.3, 0.4) is 0 Å². The van der Waals surface area contributed by atoms with Gasteiger partial charge in [-0.3, -0.25) is 9.59 Å². The topological polar surface area (TPSA) is 76.9 Å². The molecule has 1 aromatic carbocycles. The van der Waals surface area contributed by atoms with Crippen molar-refractivity contribution in [1.82, 2.24) is 19.4 Å². The van der Waals surface area contributed by atoms with Gasteiger partial charge in [0.05, 0.1) is 7.11 Å². The minimum Gasteiger partial charge on any atom is -0.497 e. The van der Waals surface area contributed by atoms with Crippen LogP contribution in [0.5, 0.6) is 11.5 Å². The Kier molecular flexibility index (Phi) is 7.32. The maximum Gasteiger partial charge on any atom is 0.260 e. The predicted molar refractivity (Wildman–Crippen MR) is 112 cm³/mol. The highest BCUT2D eigenvalue weighted by molar-refractivity contribution is 5.78. The number of carbonyl (C=O) groups excluding carboxylic acids is 2. The first-order valence-electron chi connectivity index (χ1n) is 10.3. The Balaban J connectivity index is 1.46. The van der Waals surface area contributed by atoms with Crippen molar-refractivity contribution in [3.8, 4) is 11.5 Å². The van der Waals surface area contributed by atoms with Crippen molar-refractivity contribution in [3.05, 3.63) is 42.5 Å². The van der Waals surface area contributed by atoms with Crippen LogP contribution in [0, 0.1) is 6.92 Å². The van der Waals surface area contributed by atoms with Gasteiger partial charge in [-0.1, -0.05) is 0 Å². The van der Waals surface area contributed by atoms with Crippen LogP contribution in [-0.4, -0.2) is 70.6 Å². The minimum absolute atomic E-state index is 0.00727. The van der Waals surface area contributed by atoms with Gasteiger partial charge >= 0.3 is 0 Å². The van der Waals surface area contributed by atoms with Gasteiger partial charge in [0.25, 0.3) is 5.91 Å². The molecule has 0 spiro atoms. The maximum atomic E-state index is 12.5. The highest BCUT2D eigenvalue weighted by Crippen LogP contribution is 2.19. The lowest BCUT2D eigenvalue weighted by Crippen LogP contribution is -2.49. The van der Waals surface area contributed by atoms with E-state index in [1.165, 1.54) is 0 Å². The summed E-state index contributed by atoms with van der Waals surface area (Å²) in [4.78, 5) is 32.7. The van der Waals surface area contributed by atoms with Gasteiger partial charge in [-0.05, 0) is 44.0 Å². The van der Waals surface area contributed by atoms with Gasteiger partial charge in [-0.15, -0.1) is 0 Å². The van der Waals surface area contributed by atoms with Gasteiger partial charge in [-0.25, -0.2) is 4.98 Å². The van der Waals surface area contributed by atoms with Crippen LogP contribution >= 0.6 is 0 Å². The molecule has 8 heteroatoms. The van der Waals surface area contributed by atoms with Crippen LogP contribution < -0.4 is 9.47 Å². The fourth-order valence-electron chi connectivity index (χ4n) is 3.79. The summed E-state index contributed by atoms with van der Waals surface area (Å²) in [5, 5.41) is 0. The normalized spacial score (nSPS) is 14.4. The smallest absolute Gasteiger partial charge is 0.260 e. The molecule has 3 rings (SSSR count). The molecule has 0 unspecified atom stereocenters. The SMILES string of the molecule is COc1ccc(OCC(=O)N2CCC(N(CCn3ccnc3C)C(C)=O)CC2)cc1. The van der Waals surface area contributed by atoms with Crippen molar-refractivity contribution >= 4 is 11.8 Å². The fraction of sp³-hybridized carbons (Fsp3) is 0.500. The molecule has 1 fully saturated rings. The van der Waals surface area contributed by atoms with Crippen molar-refractivity contribution in [2.75, 3.05) is 33.4 Å². The lowest BCUT2D eigenvalue weighted by Gasteiger charge is -2.38. The molecule has 2 heterocycles. The number of ether oxygens (including phenoxy) is 2. The van der Waals surface area contributed by atoms with E-state index in [0.717, 1.165) is 31.0 Å². The van der Waals surface area contributed by atoms with Gasteiger partial charge in [0.15, 0.2) is 6.61 Å². The second-order valence-corrected chi connectivity index (χ2v) is 7.46. The van der Waals surface area contributed by atoms with Crippen LogP contribution in [0.15, 0.2) is 36.7 Å². The van der Waals surface area contributed by atoms with Gasteiger partial charge in [0, 0.05) is 51.5 Å². The molecular formula is C22H30N4O4. The zero-order valence-corrected chi connectivity index (χ0v) is 17.9. The number of hydrogen-bond donors (Lipinski definition) is 0. The van der Waals surface area contributed by atoms with Crippen LogP contribution in [0.25, 0.3) is 0 Å². The van der Waals surface area contributed by atoms with E-state index in [4.69, 9.17) is 9.47 Å². The first-order valence-corrected chi connectivity index (χ1v) is 10.3. The molecule has 2 aromatic rings. The largest absolute Gasteiger partial charge is 0.497 e. The third-order valence-electron chi connectivity index (χ3n) is 5.59. The molecule has 0 radical (unpaired) electrons. The number of nitrogens with zero attached hydrogens (tertiary/aromatic N) is 4. The summed E-state index contributed by atoms with van der Waals surface area (Å²) in [5.74, 6) is 2.36. The molecule has 1 aromatic heterocycles. The standard InChI is InChI=1S/C22H30N4O4/c1-17-23-10-13-24(17)14-15-26(18(2)27)19-8-11-25(12-9-19)22(28)16-30-21-6-4-20(29-3)5-7-21/h4-7,10,13,19H,8-9,11-12,14-16H2,1-3H3. The number of piperidine rings is 1. The number of benzene rings is 1. The molecule has 0 aliphatic carbocycles. The molecule has 8 nitrogen and oxygen atoms in total. The van der Waals surface area contributed by atoms with Gasteiger partial charge in [-0.2, -0.15) is 0 Å². The van der Waals surface area contributed by atoms with E-state index < -0.39 is 0 Å². The number of methoxy groups -OCH3 is 1. The van der Waals surface area contributed by atoms with Crippen molar-refractivity contribution in [3.63, 3.8) is 0 Å². The molecule has 0 N–H and O–H groups in total. The number of imidazole rings is 1. The van der Waals surface area contributed by atoms with Crippen molar-refractivity contribution < 1.29 is 19.1 Å². The number of aromatic nitrogens is 2. The van der Waals surface area contributed by atoms with E-state index in [0.29, 0.717) is 25.4 Å². The summed E-state index contributed by atoms with van der Waals surface area (Å²) in [6, 6.07) is 7.31. The first-order chi connectivity index (χ1) is 14.5. The van der Waals surface area contributed by atoms with E-state index in [2.05, 4.69) is 4.98 Å². The summed E-state index contributed by atoms with van der Waals surface area (Å²) >= 11 is 0. The molecule has 1 aliphatic heterocycles. The molecule has 0 bridgehead atoms. The van der Waals surface area contributed by atoms with Crippen LogP contribution in [0.1, 0.15) is 25.6 Å². The van der Waals surface area contributed by atoms with Crippen molar-refractivity contribution in [2.24, 2.45) is 0 Å². The molecule has 0 atom stereocenters. The van der Waals surface area contributed by atoms with E-state index in [1.54, 1.807) is 44.5 Å². The average molecular weight is 415 g/mol. The Bertz CT molecular complexity index is 841. The molecular weight excluding hydrogens is 384 g/mol. The lowest BCUT2D eigenvalue weighted by atomic mass is 10.0. The third-order valence-corrected chi connectivity index (χ3v) is 5.59. The summed E-state index contributed by atoms with van der Waals surface area (Å²) in [7, 11) is 1.61. The monoisotopic (exact) mass is 414 g/mol. The summed E-state index contributed by atoms with van der Waals surface area (Å²) in [5.41, 5.74) is 0. The number of likely N-dealkylation sites (tertiary alicyclic amines) is 1.